The molecule has 0 atom stereocenters. The first kappa shape index (κ1) is 22.9. The largest absolute Gasteiger partial charge is 0.416 e. The molecule has 0 heterocycles. The summed E-state index contributed by atoms with van der Waals surface area (Å²) < 4.78 is 65.5. The summed E-state index contributed by atoms with van der Waals surface area (Å²) in [5.41, 5.74) is -0.526. The van der Waals surface area contributed by atoms with E-state index in [4.69, 9.17) is 0 Å². The summed E-state index contributed by atoms with van der Waals surface area (Å²) in [6.07, 6.45) is -4.47. The molecule has 0 aromatic heterocycles. The maximum atomic E-state index is 13.0. The Bertz CT molecular complexity index is 955. The van der Waals surface area contributed by atoms with Gasteiger partial charge in [-0.05, 0) is 36.2 Å². The average molecular weight is 428 g/mol. The van der Waals surface area contributed by atoms with E-state index in [1.165, 1.54) is 46.8 Å². The van der Waals surface area contributed by atoms with Gasteiger partial charge in [-0.2, -0.15) is 17.5 Å². The van der Waals surface area contributed by atoms with Crippen LogP contribution < -0.4 is 5.32 Å². The van der Waals surface area contributed by atoms with Crippen LogP contribution >= 0.6 is 0 Å². The summed E-state index contributed by atoms with van der Waals surface area (Å²) in [5, 5.41) is 2.55. The molecule has 2 rings (SSSR count). The van der Waals surface area contributed by atoms with Crippen molar-refractivity contribution in [3.05, 3.63) is 65.2 Å². The number of halogens is 3. The number of amides is 1. The molecule has 0 radical (unpaired) electrons. The summed E-state index contributed by atoms with van der Waals surface area (Å²) in [7, 11) is -3.71. The third-order valence-corrected chi connectivity index (χ3v) is 6.49. The van der Waals surface area contributed by atoms with Gasteiger partial charge >= 0.3 is 6.18 Å². The molecule has 2 aromatic carbocycles. The Morgan fingerprint density at radius 1 is 1.03 bits per heavy atom. The van der Waals surface area contributed by atoms with Crippen LogP contribution in [0.5, 0.6) is 0 Å². The van der Waals surface area contributed by atoms with E-state index < -0.39 is 27.7 Å². The number of hydrogen-bond donors (Lipinski definition) is 1. The summed E-state index contributed by atoms with van der Waals surface area (Å²) in [5.74, 6) is -0.550. The summed E-state index contributed by atoms with van der Waals surface area (Å²) in [6.45, 7) is 4.02. The highest BCUT2D eigenvalue weighted by Gasteiger charge is 2.32. The summed E-state index contributed by atoms with van der Waals surface area (Å²) in [4.78, 5) is 12.4. The van der Waals surface area contributed by atoms with E-state index in [-0.39, 0.29) is 29.0 Å². The van der Waals surface area contributed by atoms with Crippen molar-refractivity contribution in [1.82, 2.24) is 9.62 Å². The number of rotatable bonds is 8. The number of carbonyl (C=O) groups is 1. The van der Waals surface area contributed by atoms with E-state index in [1.54, 1.807) is 13.8 Å². The van der Waals surface area contributed by atoms with Gasteiger partial charge in [0.15, 0.2) is 0 Å². The fourth-order valence-electron chi connectivity index (χ4n) is 2.94. The fourth-order valence-corrected chi connectivity index (χ4v) is 4.44. The molecular weight excluding hydrogens is 405 g/mol. The van der Waals surface area contributed by atoms with Gasteiger partial charge in [-0.15, -0.1) is 0 Å². The lowest BCUT2D eigenvalue weighted by Crippen LogP contribution is -2.31. The second-order valence-corrected chi connectivity index (χ2v) is 8.22. The number of nitrogens with one attached hydrogen (secondary N) is 1. The zero-order valence-electron chi connectivity index (χ0n) is 16.2. The lowest BCUT2D eigenvalue weighted by molar-refractivity contribution is -0.138. The van der Waals surface area contributed by atoms with Crippen LogP contribution in [0.4, 0.5) is 13.2 Å². The van der Waals surface area contributed by atoms with Gasteiger partial charge in [0.1, 0.15) is 0 Å². The highest BCUT2D eigenvalue weighted by atomic mass is 32.2. The van der Waals surface area contributed by atoms with E-state index >= 15 is 0 Å². The molecule has 0 aliphatic heterocycles. The number of sulfonamides is 1. The maximum Gasteiger partial charge on any atom is 0.416 e. The Kier molecular flexibility index (Phi) is 7.43. The average Bonchev–Trinajstić information content (AvgIpc) is 2.68. The molecule has 0 saturated carbocycles. The molecule has 29 heavy (non-hydrogen) atoms. The molecule has 0 bridgehead atoms. The SMILES string of the molecule is CCN(CC)S(=O)(=O)c1cccc(C(=O)NCCc2ccccc2C(F)(F)F)c1. The lowest BCUT2D eigenvalue weighted by Gasteiger charge is -2.18. The second kappa shape index (κ2) is 9.41. The van der Waals surface area contributed by atoms with Crippen LogP contribution in [-0.4, -0.2) is 38.3 Å². The minimum atomic E-state index is -4.46. The van der Waals surface area contributed by atoms with E-state index in [2.05, 4.69) is 5.32 Å². The minimum absolute atomic E-state index is 0.00113. The van der Waals surface area contributed by atoms with Gasteiger partial charge in [-0.25, -0.2) is 8.42 Å². The van der Waals surface area contributed by atoms with Crippen LogP contribution in [0.15, 0.2) is 53.4 Å². The number of carbonyl (C=O) groups excluding carboxylic acids is 1. The third kappa shape index (κ3) is 5.57. The molecule has 0 aliphatic rings. The topological polar surface area (TPSA) is 66.5 Å². The van der Waals surface area contributed by atoms with Crippen molar-refractivity contribution < 1.29 is 26.4 Å². The monoisotopic (exact) mass is 428 g/mol. The van der Waals surface area contributed by atoms with Gasteiger partial charge in [0, 0.05) is 25.2 Å². The van der Waals surface area contributed by atoms with Gasteiger partial charge in [0.2, 0.25) is 10.0 Å². The molecule has 1 amide bonds. The Morgan fingerprint density at radius 3 is 2.31 bits per heavy atom. The van der Waals surface area contributed by atoms with E-state index in [9.17, 15) is 26.4 Å². The van der Waals surface area contributed by atoms with Crippen molar-refractivity contribution in [2.45, 2.75) is 31.3 Å². The van der Waals surface area contributed by atoms with Gasteiger partial charge in [0.05, 0.1) is 10.5 Å². The van der Waals surface area contributed by atoms with Crippen LogP contribution in [0.1, 0.15) is 35.3 Å². The zero-order chi connectivity index (χ0) is 21.7. The second-order valence-electron chi connectivity index (χ2n) is 6.28. The Labute approximate surface area is 168 Å². The molecular formula is C20H23F3N2O3S. The normalized spacial score (nSPS) is 12.2. The third-order valence-electron chi connectivity index (χ3n) is 4.44. The molecule has 0 fully saturated rings. The zero-order valence-corrected chi connectivity index (χ0v) is 17.0. The van der Waals surface area contributed by atoms with Crippen molar-refractivity contribution in [3.63, 3.8) is 0 Å². The van der Waals surface area contributed by atoms with E-state index in [1.807, 2.05) is 0 Å². The van der Waals surface area contributed by atoms with Gasteiger partial charge < -0.3 is 5.32 Å². The van der Waals surface area contributed by atoms with Crippen molar-refractivity contribution in [3.8, 4) is 0 Å². The van der Waals surface area contributed by atoms with Crippen LogP contribution in [0.3, 0.4) is 0 Å². The fraction of sp³-hybridized carbons (Fsp3) is 0.350. The first-order valence-corrected chi connectivity index (χ1v) is 10.6. The van der Waals surface area contributed by atoms with Crippen molar-refractivity contribution in [2.75, 3.05) is 19.6 Å². The van der Waals surface area contributed by atoms with Gasteiger partial charge in [-0.3, -0.25) is 4.79 Å². The number of alkyl halides is 3. The Morgan fingerprint density at radius 2 is 1.69 bits per heavy atom. The standard InChI is InChI=1S/C20H23F3N2O3S/c1-3-25(4-2)29(27,28)17-10-7-9-16(14-17)19(26)24-13-12-15-8-5-6-11-18(15)20(21,22)23/h5-11,14H,3-4,12-13H2,1-2H3,(H,24,26). The Balaban J connectivity index is 2.10. The molecule has 2 aromatic rings. The molecule has 0 unspecified atom stereocenters. The molecule has 0 spiro atoms. The van der Waals surface area contributed by atoms with Crippen LogP contribution in [0.2, 0.25) is 0 Å². The molecule has 9 heteroatoms. The number of benzene rings is 2. The number of hydrogen-bond acceptors (Lipinski definition) is 3. The molecule has 1 N–H and O–H groups in total. The maximum absolute atomic E-state index is 13.0. The summed E-state index contributed by atoms with van der Waals surface area (Å²) >= 11 is 0. The first-order valence-electron chi connectivity index (χ1n) is 9.14. The van der Waals surface area contributed by atoms with Crippen molar-refractivity contribution >= 4 is 15.9 Å². The molecule has 0 saturated heterocycles. The molecule has 5 nitrogen and oxygen atoms in total. The summed E-state index contributed by atoms with van der Waals surface area (Å²) in [6, 6.07) is 10.8. The number of nitrogens with zero attached hydrogens (tertiary/aromatic N) is 1. The van der Waals surface area contributed by atoms with Crippen LogP contribution in [0, 0.1) is 0 Å². The van der Waals surface area contributed by atoms with Crippen molar-refractivity contribution in [1.29, 1.82) is 0 Å². The van der Waals surface area contributed by atoms with Gasteiger partial charge in [-0.1, -0.05) is 38.1 Å². The lowest BCUT2D eigenvalue weighted by atomic mass is 10.0. The quantitative estimate of drug-likeness (QED) is 0.697. The highest BCUT2D eigenvalue weighted by Crippen LogP contribution is 2.31. The Hall–Kier alpha value is -2.39. The van der Waals surface area contributed by atoms with Crippen LogP contribution in [-0.2, 0) is 22.6 Å². The highest BCUT2D eigenvalue weighted by molar-refractivity contribution is 7.89. The van der Waals surface area contributed by atoms with E-state index in [0.717, 1.165) is 6.07 Å². The van der Waals surface area contributed by atoms with Gasteiger partial charge in [0.25, 0.3) is 5.91 Å². The molecule has 0 aliphatic carbocycles. The van der Waals surface area contributed by atoms with Crippen molar-refractivity contribution in [2.24, 2.45) is 0 Å². The van der Waals surface area contributed by atoms with Crippen LogP contribution in [0.25, 0.3) is 0 Å². The predicted octanol–water partition coefficient (Wildman–Crippen LogP) is 3.71. The minimum Gasteiger partial charge on any atom is -0.352 e. The smallest absolute Gasteiger partial charge is 0.352 e. The first-order chi connectivity index (χ1) is 13.6. The molecule has 158 valence electrons. The predicted molar refractivity (Wildman–Crippen MR) is 104 cm³/mol. The van der Waals surface area contributed by atoms with E-state index in [0.29, 0.717) is 13.1 Å².